The van der Waals surface area contributed by atoms with E-state index in [2.05, 4.69) is 15.2 Å². The minimum atomic E-state index is -0.944. The second kappa shape index (κ2) is 7.82. The number of rotatable bonds is 5. The van der Waals surface area contributed by atoms with E-state index in [1.165, 1.54) is 25.7 Å². The van der Waals surface area contributed by atoms with Gasteiger partial charge in [-0.25, -0.2) is 4.98 Å². The maximum atomic E-state index is 12.5. The van der Waals surface area contributed by atoms with Crippen LogP contribution in [0.5, 0.6) is 0 Å². The van der Waals surface area contributed by atoms with Gasteiger partial charge in [0.2, 0.25) is 0 Å². The van der Waals surface area contributed by atoms with Gasteiger partial charge < -0.3 is 20.1 Å². The molecule has 1 atom stereocenters. The molecule has 2 N–H and O–H groups in total. The van der Waals surface area contributed by atoms with Crippen LogP contribution in [0, 0.1) is 0 Å². The Kier molecular flexibility index (Phi) is 5.53. The van der Waals surface area contributed by atoms with E-state index in [1.54, 1.807) is 12.3 Å². The fourth-order valence-electron chi connectivity index (χ4n) is 3.50. The van der Waals surface area contributed by atoms with E-state index < -0.39 is 11.5 Å². The van der Waals surface area contributed by atoms with Crippen molar-refractivity contribution in [1.29, 1.82) is 0 Å². The summed E-state index contributed by atoms with van der Waals surface area (Å²) < 4.78 is 5.31. The van der Waals surface area contributed by atoms with Crippen molar-refractivity contribution < 1.29 is 19.4 Å². The van der Waals surface area contributed by atoms with Crippen molar-refractivity contribution in [2.24, 2.45) is 0 Å². The lowest BCUT2D eigenvalue weighted by Crippen LogP contribution is -2.50. The van der Waals surface area contributed by atoms with Gasteiger partial charge in [0.1, 0.15) is 5.82 Å². The lowest BCUT2D eigenvalue weighted by atomic mass is 9.94. The average molecular weight is 347 g/mol. The van der Waals surface area contributed by atoms with Crippen molar-refractivity contribution in [1.82, 2.24) is 10.3 Å². The van der Waals surface area contributed by atoms with Gasteiger partial charge in [0, 0.05) is 25.9 Å². The highest BCUT2D eigenvalue weighted by Gasteiger charge is 2.38. The smallest absolute Gasteiger partial charge is 0.305 e. The Morgan fingerprint density at radius 1 is 1.24 bits per heavy atom. The molecular formula is C18H25N3O4. The number of hydrogen-bond donors (Lipinski definition) is 2. The monoisotopic (exact) mass is 347 g/mol. The minimum Gasteiger partial charge on any atom is -0.481 e. The zero-order valence-electron chi connectivity index (χ0n) is 14.4. The molecule has 2 saturated heterocycles. The molecule has 0 saturated carbocycles. The minimum absolute atomic E-state index is 0.141. The summed E-state index contributed by atoms with van der Waals surface area (Å²) in [4.78, 5) is 30.3. The highest BCUT2D eigenvalue weighted by atomic mass is 16.5. The molecule has 136 valence electrons. The van der Waals surface area contributed by atoms with Crippen LogP contribution in [0.2, 0.25) is 0 Å². The lowest BCUT2D eigenvalue weighted by molar-refractivity contribution is -0.138. The molecule has 0 spiro atoms. The third-order valence-electron chi connectivity index (χ3n) is 4.91. The number of hydrogen-bond acceptors (Lipinski definition) is 5. The summed E-state index contributed by atoms with van der Waals surface area (Å²) in [7, 11) is 0. The lowest BCUT2D eigenvalue weighted by Gasteiger charge is -2.27. The van der Waals surface area contributed by atoms with Crippen LogP contribution in [-0.4, -0.2) is 53.8 Å². The zero-order valence-corrected chi connectivity index (χ0v) is 14.4. The molecule has 2 aliphatic heterocycles. The second-order valence-corrected chi connectivity index (χ2v) is 6.91. The summed E-state index contributed by atoms with van der Waals surface area (Å²) >= 11 is 0. The molecule has 7 nitrogen and oxygen atoms in total. The predicted molar refractivity (Wildman–Crippen MR) is 92.8 cm³/mol. The number of amides is 1. The SMILES string of the molecule is O=C(O)CC1(NC(=O)c2ccc(N3CCCCCC3)nc2)CCOC1. The number of ether oxygens (including phenoxy) is 1. The summed E-state index contributed by atoms with van der Waals surface area (Å²) in [6.07, 6.45) is 6.78. The molecule has 1 aromatic heterocycles. The first kappa shape index (κ1) is 17.7. The average Bonchev–Trinajstić information content (AvgIpc) is 2.86. The van der Waals surface area contributed by atoms with E-state index >= 15 is 0 Å². The van der Waals surface area contributed by atoms with Gasteiger partial charge in [0.15, 0.2) is 0 Å². The Labute approximate surface area is 147 Å². The number of carboxylic acids is 1. The van der Waals surface area contributed by atoms with Crippen LogP contribution >= 0.6 is 0 Å². The van der Waals surface area contributed by atoms with Gasteiger partial charge in [0.05, 0.1) is 24.1 Å². The molecule has 0 aliphatic carbocycles. The third-order valence-corrected chi connectivity index (χ3v) is 4.91. The van der Waals surface area contributed by atoms with Gasteiger partial charge in [0.25, 0.3) is 5.91 Å². The summed E-state index contributed by atoms with van der Waals surface area (Å²) in [5.41, 5.74) is -0.387. The first-order chi connectivity index (χ1) is 12.1. The maximum Gasteiger partial charge on any atom is 0.305 e. The highest BCUT2D eigenvalue weighted by molar-refractivity contribution is 5.95. The van der Waals surface area contributed by atoms with Crippen LogP contribution in [0.25, 0.3) is 0 Å². The van der Waals surface area contributed by atoms with E-state index in [9.17, 15) is 9.59 Å². The number of carbonyl (C=O) groups is 2. The number of carboxylic acid groups (broad SMARTS) is 1. The molecule has 25 heavy (non-hydrogen) atoms. The van der Waals surface area contributed by atoms with E-state index in [1.807, 2.05) is 6.07 Å². The molecule has 2 fully saturated rings. The number of nitrogens with one attached hydrogen (secondary N) is 1. The van der Waals surface area contributed by atoms with E-state index in [4.69, 9.17) is 9.84 Å². The van der Waals surface area contributed by atoms with Crippen molar-refractivity contribution in [2.75, 3.05) is 31.2 Å². The standard InChI is InChI=1S/C18H25N3O4/c22-16(23)11-18(7-10-25-13-18)20-17(24)14-5-6-15(19-12-14)21-8-3-1-2-4-9-21/h5-6,12H,1-4,7-11,13H2,(H,20,24)(H,22,23). The topological polar surface area (TPSA) is 91.8 Å². The molecule has 1 aromatic rings. The predicted octanol–water partition coefficient (Wildman–Crippen LogP) is 1.83. The van der Waals surface area contributed by atoms with Crippen LogP contribution in [-0.2, 0) is 9.53 Å². The van der Waals surface area contributed by atoms with Crippen molar-refractivity contribution in [3.63, 3.8) is 0 Å². The Hall–Kier alpha value is -2.15. The Morgan fingerprint density at radius 2 is 2.00 bits per heavy atom. The molecular weight excluding hydrogens is 322 g/mol. The normalized spacial score (nSPS) is 23.9. The first-order valence-corrected chi connectivity index (χ1v) is 8.91. The molecule has 0 bridgehead atoms. The Balaban J connectivity index is 1.66. The molecule has 1 unspecified atom stereocenters. The summed E-state index contributed by atoms with van der Waals surface area (Å²) in [6.45, 7) is 2.68. The first-order valence-electron chi connectivity index (χ1n) is 8.91. The molecule has 1 amide bonds. The molecule has 3 heterocycles. The maximum absolute atomic E-state index is 12.5. The molecule has 2 aliphatic rings. The van der Waals surface area contributed by atoms with Gasteiger partial charge in [-0.3, -0.25) is 9.59 Å². The molecule has 0 aromatic carbocycles. The molecule has 3 rings (SSSR count). The summed E-state index contributed by atoms with van der Waals surface area (Å²) in [5.74, 6) is -0.356. The number of pyridine rings is 1. The number of nitrogens with zero attached hydrogens (tertiary/aromatic N) is 2. The van der Waals surface area contributed by atoms with E-state index in [-0.39, 0.29) is 18.9 Å². The second-order valence-electron chi connectivity index (χ2n) is 6.91. The largest absolute Gasteiger partial charge is 0.481 e. The van der Waals surface area contributed by atoms with E-state index in [0.717, 1.165) is 18.9 Å². The fourth-order valence-corrected chi connectivity index (χ4v) is 3.50. The van der Waals surface area contributed by atoms with Crippen molar-refractivity contribution in [3.8, 4) is 0 Å². The fraction of sp³-hybridized carbons (Fsp3) is 0.611. The van der Waals surface area contributed by atoms with Crippen LogP contribution in [0.15, 0.2) is 18.3 Å². The van der Waals surface area contributed by atoms with Crippen LogP contribution in [0.1, 0.15) is 48.9 Å². The Morgan fingerprint density at radius 3 is 2.56 bits per heavy atom. The van der Waals surface area contributed by atoms with Gasteiger partial charge >= 0.3 is 5.97 Å². The number of aliphatic carboxylic acids is 1. The van der Waals surface area contributed by atoms with E-state index in [0.29, 0.717) is 18.6 Å². The zero-order chi connectivity index (χ0) is 17.7. The third kappa shape index (κ3) is 4.48. The summed E-state index contributed by atoms with van der Waals surface area (Å²) in [6, 6.07) is 3.63. The van der Waals surface area contributed by atoms with Crippen LogP contribution < -0.4 is 10.2 Å². The van der Waals surface area contributed by atoms with Crippen molar-refractivity contribution in [3.05, 3.63) is 23.9 Å². The summed E-state index contributed by atoms with van der Waals surface area (Å²) in [5, 5.41) is 12.0. The highest BCUT2D eigenvalue weighted by Crippen LogP contribution is 2.24. The number of aromatic nitrogens is 1. The van der Waals surface area contributed by atoms with Gasteiger partial charge in [-0.15, -0.1) is 0 Å². The van der Waals surface area contributed by atoms with Gasteiger partial charge in [-0.2, -0.15) is 0 Å². The molecule has 7 heteroatoms. The quantitative estimate of drug-likeness (QED) is 0.844. The van der Waals surface area contributed by atoms with Crippen molar-refractivity contribution >= 4 is 17.7 Å². The Bertz CT molecular complexity index is 603. The number of carbonyl (C=O) groups excluding carboxylic acids is 1. The van der Waals surface area contributed by atoms with Gasteiger partial charge in [-0.05, 0) is 31.4 Å². The van der Waals surface area contributed by atoms with Crippen molar-refractivity contribution in [2.45, 2.75) is 44.1 Å². The van der Waals surface area contributed by atoms with Gasteiger partial charge in [-0.1, -0.05) is 12.8 Å². The molecule has 0 radical (unpaired) electrons. The van der Waals surface area contributed by atoms with Crippen LogP contribution in [0.4, 0.5) is 5.82 Å². The van der Waals surface area contributed by atoms with Crippen LogP contribution in [0.3, 0.4) is 0 Å². The number of anilines is 1.